The third-order valence-electron chi connectivity index (χ3n) is 30.1. The molecule has 21 rings (SSSR count). The number of pyridine rings is 4. The molecule has 5 aliphatic rings. The van der Waals surface area contributed by atoms with Gasteiger partial charge in [-0.05, 0) is 241 Å². The maximum absolute atomic E-state index is 12.2. The summed E-state index contributed by atoms with van der Waals surface area (Å²) in [5.74, 6) is 4.47. The standard InChI is InChI=1S/C30H33N3O3.C30H35N3O3.C27H31N3O.C26H29N3O/c1-19-27(20(2)36-32-19)23-15-26-28(31-16-23)25(17-33(26)18-29(4)11-13-35-14-12-29)22-5-7-24(8-6-22)30(9-10-30)21(3)34;1-19-27(20(2)36-32-19)23-15-26-28(31-16-23)25(17-33(26)18-30(6)11-13-35-14-12-30)22-7-9-24(10-8-22)29(4,5)21(3)34;1-18-8-10-21(11-9-18)23-16-30(17-27(4)12-6-5-7-13-27)24-14-22(15-28-26(23)24)25-19(2)29-31-20(25)3;1-17-9-11-21(12-10-17)23-16-29(15-20-7-5-4-6-8-20)24-13-22(14-27-26(23)24)25-18(2)28-30-19(25)3/h5-8,15-17H,9-14,18H2,1-4H3;7-10,15-17H,11-14,18H2,1-6H3;8-11,14-16H,5-7,12-13,17H2,1-4H3;9-14,16,20H,4-8,15H2,1-3H3. The largest absolute Gasteiger partial charge is 0.381 e. The molecule has 0 spiro atoms. The molecule has 16 aromatic rings. The summed E-state index contributed by atoms with van der Waals surface area (Å²) in [6.45, 7) is 41.6. The van der Waals surface area contributed by atoms with Crippen molar-refractivity contribution in [1.82, 2.24) is 58.8 Å². The molecule has 20 heteroatoms. The van der Waals surface area contributed by atoms with Crippen LogP contribution >= 0.6 is 0 Å². The van der Waals surface area contributed by atoms with Gasteiger partial charge >= 0.3 is 0 Å². The molecule has 12 aromatic heterocycles. The van der Waals surface area contributed by atoms with E-state index in [0.717, 1.165) is 254 Å². The zero-order chi connectivity index (χ0) is 93.0. The number of aryl methyl sites for hydroxylation is 10. The van der Waals surface area contributed by atoms with Gasteiger partial charge in [-0.15, -0.1) is 0 Å². The van der Waals surface area contributed by atoms with E-state index in [0.29, 0.717) is 5.41 Å². The fourth-order valence-electron chi connectivity index (χ4n) is 21.3. The predicted octanol–water partition coefficient (Wildman–Crippen LogP) is 27.2. The number of ether oxygens (including phenoxy) is 2. The highest BCUT2D eigenvalue weighted by Crippen LogP contribution is 2.51. The van der Waals surface area contributed by atoms with E-state index < -0.39 is 5.41 Å². The van der Waals surface area contributed by atoms with Gasteiger partial charge in [0.2, 0.25) is 0 Å². The second kappa shape index (κ2) is 37.3. The number of carbonyl (C=O) groups excluding carboxylic acids is 2. The number of rotatable bonds is 20. The van der Waals surface area contributed by atoms with Crippen LogP contribution in [0.5, 0.6) is 0 Å². The summed E-state index contributed by atoms with van der Waals surface area (Å²) in [4.78, 5) is 44.2. The first-order valence-corrected chi connectivity index (χ1v) is 48.1. The van der Waals surface area contributed by atoms with Gasteiger partial charge in [0.05, 0.1) is 72.3 Å². The van der Waals surface area contributed by atoms with Gasteiger partial charge in [-0.25, -0.2) is 0 Å². The summed E-state index contributed by atoms with van der Waals surface area (Å²) in [5.41, 5.74) is 34.5. The molecule has 0 N–H and O–H groups in total. The van der Waals surface area contributed by atoms with Crippen molar-refractivity contribution >= 4 is 55.7 Å². The fraction of sp³-hybridized carbons (Fsp3) is 0.416. The van der Waals surface area contributed by atoms with Crippen LogP contribution in [0.3, 0.4) is 0 Å². The minimum absolute atomic E-state index is 0.157. The highest BCUT2D eigenvalue weighted by Gasteiger charge is 2.49. The monoisotopic (exact) mass is 1780 g/mol. The van der Waals surface area contributed by atoms with E-state index in [9.17, 15) is 9.59 Å². The molecule has 4 aromatic carbocycles. The fourth-order valence-corrected chi connectivity index (χ4v) is 21.3. The molecule has 0 bridgehead atoms. The van der Waals surface area contributed by atoms with Crippen molar-refractivity contribution in [3.05, 3.63) is 239 Å². The summed E-state index contributed by atoms with van der Waals surface area (Å²) in [7, 11) is 0. The smallest absolute Gasteiger partial charge is 0.141 e. The molecule has 3 saturated carbocycles. The van der Waals surface area contributed by atoms with E-state index >= 15 is 0 Å². The number of ketones is 2. The van der Waals surface area contributed by atoms with Crippen molar-refractivity contribution in [1.29, 1.82) is 0 Å². The molecule has 688 valence electrons. The molecule has 3 aliphatic carbocycles. The van der Waals surface area contributed by atoms with E-state index in [4.69, 9.17) is 47.5 Å². The quantitative estimate of drug-likeness (QED) is 0.0691. The van der Waals surface area contributed by atoms with E-state index in [1.165, 1.54) is 109 Å². The molecule has 0 atom stereocenters. The van der Waals surface area contributed by atoms with Gasteiger partial charge in [-0.1, -0.05) is 188 Å². The minimum atomic E-state index is -0.508. The number of nitrogens with zero attached hydrogens (tertiary/aromatic N) is 12. The Labute approximate surface area is 781 Å². The molecule has 20 nitrogen and oxygen atoms in total. The summed E-state index contributed by atoms with van der Waals surface area (Å²) in [5, 5.41) is 16.6. The van der Waals surface area contributed by atoms with E-state index in [2.05, 4.69) is 220 Å². The molecule has 0 amide bonds. The molecule has 133 heavy (non-hydrogen) atoms. The number of carbonyl (C=O) groups is 2. The van der Waals surface area contributed by atoms with Crippen LogP contribution in [-0.2, 0) is 56.1 Å². The van der Waals surface area contributed by atoms with Crippen molar-refractivity contribution in [2.24, 2.45) is 22.2 Å². The second-order valence-corrected chi connectivity index (χ2v) is 40.8. The Morgan fingerprint density at radius 1 is 0.368 bits per heavy atom. The normalized spacial score (nSPS) is 16.5. The number of fused-ring (bicyclic) bond motifs is 4. The van der Waals surface area contributed by atoms with Gasteiger partial charge < -0.3 is 45.8 Å². The van der Waals surface area contributed by atoms with Gasteiger partial charge in [0.1, 0.15) is 34.6 Å². The Kier molecular flexibility index (Phi) is 25.6. The molecule has 5 fully saturated rings. The van der Waals surface area contributed by atoms with Gasteiger partial charge in [0, 0.05) is 174 Å². The van der Waals surface area contributed by atoms with Crippen LogP contribution < -0.4 is 0 Å². The number of hydrogen-bond donors (Lipinski definition) is 0. The molecular weight excluding hydrogens is 1650 g/mol. The van der Waals surface area contributed by atoms with E-state index in [1.807, 2.05) is 94.0 Å². The average Bonchev–Trinajstić information content (AvgIpc) is 1.63. The number of Topliss-reactive ketones (excluding diaryl/α,β-unsaturated/α-hetero) is 2. The van der Waals surface area contributed by atoms with Crippen LogP contribution in [0.15, 0.2) is 189 Å². The first-order chi connectivity index (χ1) is 63.9. The lowest BCUT2D eigenvalue weighted by Gasteiger charge is -2.34. The van der Waals surface area contributed by atoms with E-state index in [1.54, 1.807) is 13.8 Å². The molecule has 0 unspecified atom stereocenters. The highest BCUT2D eigenvalue weighted by molar-refractivity contribution is 6.00. The van der Waals surface area contributed by atoms with E-state index in [-0.39, 0.29) is 27.8 Å². The predicted molar refractivity (Wildman–Crippen MR) is 529 cm³/mol. The minimum Gasteiger partial charge on any atom is -0.381 e. The highest BCUT2D eigenvalue weighted by atomic mass is 16.5. The second-order valence-electron chi connectivity index (χ2n) is 40.8. The van der Waals surface area contributed by atoms with Crippen LogP contribution in [0.1, 0.15) is 219 Å². The summed E-state index contributed by atoms with van der Waals surface area (Å²) < 4.78 is 42.7. The van der Waals surface area contributed by atoms with Crippen molar-refractivity contribution in [2.45, 2.75) is 257 Å². The Bertz CT molecular complexity index is 6640. The molecule has 2 saturated heterocycles. The number of benzene rings is 4. The number of hydrogen-bond acceptors (Lipinski definition) is 16. The molecule has 14 heterocycles. The van der Waals surface area contributed by atoms with Crippen LogP contribution in [0.4, 0.5) is 0 Å². The van der Waals surface area contributed by atoms with Gasteiger partial charge in [0.15, 0.2) is 0 Å². The third kappa shape index (κ3) is 18.7. The van der Waals surface area contributed by atoms with Gasteiger partial charge in [0.25, 0.3) is 0 Å². The topological polar surface area (TPSA) is 228 Å². The molecule has 2 aliphatic heterocycles. The van der Waals surface area contributed by atoms with Crippen LogP contribution in [0.2, 0.25) is 0 Å². The zero-order valence-corrected chi connectivity index (χ0v) is 80.8. The maximum atomic E-state index is 12.2. The van der Waals surface area contributed by atoms with Gasteiger partial charge in [-0.2, -0.15) is 0 Å². The molecule has 0 radical (unpaired) electrons. The molecular formula is C113H128N12O8. The number of aromatic nitrogens is 12. The summed E-state index contributed by atoms with van der Waals surface area (Å²) >= 11 is 0. The lowest BCUT2D eigenvalue weighted by atomic mass is 9.75. The maximum Gasteiger partial charge on any atom is 0.141 e. The Morgan fingerprint density at radius 3 is 0.977 bits per heavy atom. The lowest BCUT2D eigenvalue weighted by molar-refractivity contribution is -0.121. The van der Waals surface area contributed by atoms with Crippen LogP contribution in [0, 0.1) is 91.4 Å². The lowest BCUT2D eigenvalue weighted by Crippen LogP contribution is -2.30. The van der Waals surface area contributed by atoms with Crippen molar-refractivity contribution in [2.75, 3.05) is 26.4 Å². The first-order valence-electron chi connectivity index (χ1n) is 48.1. The Morgan fingerprint density at radius 2 is 0.669 bits per heavy atom. The first kappa shape index (κ1) is 91.2. The Hall–Kier alpha value is -12.3. The van der Waals surface area contributed by atoms with Gasteiger partial charge in [-0.3, -0.25) is 29.5 Å². The SMILES string of the molecule is CC(=O)C(C)(C)c1ccc(-c2cn(CC3(C)CCOCC3)c3cc(-c4c(C)noc4C)cnc23)cc1.CC(=O)C1(c2ccc(-c3cn(CC4(C)CCOCC4)c4cc(-c5c(C)noc5C)cnc34)cc2)CC1.Cc1ccc(-c2cn(CC3(C)CCCCC3)c3cc(-c4c(C)noc4C)cnc23)cc1.Cc1ccc(-c2cn(CC3CCCCC3)c3cc(-c4c(C)noc4C)cnc23)cc1. The van der Waals surface area contributed by atoms with Crippen LogP contribution in [-0.4, -0.2) is 96.8 Å². The summed E-state index contributed by atoms with van der Waals surface area (Å²) in [6.07, 6.45) is 36.4. The zero-order valence-electron chi connectivity index (χ0n) is 80.8. The van der Waals surface area contributed by atoms with Crippen molar-refractivity contribution < 1.29 is 37.2 Å². The third-order valence-corrected chi connectivity index (χ3v) is 30.1. The Balaban J connectivity index is 0.000000119. The van der Waals surface area contributed by atoms with Crippen molar-refractivity contribution in [3.8, 4) is 89.0 Å². The van der Waals surface area contributed by atoms with Crippen LogP contribution in [0.25, 0.3) is 133 Å². The van der Waals surface area contributed by atoms with Crippen molar-refractivity contribution in [3.63, 3.8) is 0 Å². The summed E-state index contributed by atoms with van der Waals surface area (Å²) in [6, 6.07) is 43.5. The average molecular weight is 1780 g/mol.